The van der Waals surface area contributed by atoms with E-state index >= 15 is 0 Å². The van der Waals surface area contributed by atoms with Crippen molar-refractivity contribution >= 4 is 10.0 Å². The summed E-state index contributed by atoms with van der Waals surface area (Å²) < 4.78 is 25.4. The van der Waals surface area contributed by atoms with Crippen LogP contribution < -0.4 is 10.5 Å². The summed E-state index contributed by atoms with van der Waals surface area (Å²) in [4.78, 5) is 0. The summed E-state index contributed by atoms with van der Waals surface area (Å²) in [6, 6.07) is -0.0336. The van der Waals surface area contributed by atoms with Crippen molar-refractivity contribution in [2.75, 3.05) is 12.3 Å². The maximum Gasteiger partial charge on any atom is 0.212 e. The molecule has 0 spiro atoms. The fraction of sp³-hybridized carbons (Fsp3) is 1.00. The lowest BCUT2D eigenvalue weighted by Gasteiger charge is -2.12. The lowest BCUT2D eigenvalue weighted by molar-refractivity contribution is 0.547. The number of nitrogens with two attached hydrogens (primary N) is 1. The van der Waals surface area contributed by atoms with Crippen LogP contribution in [0.1, 0.15) is 26.2 Å². The Morgan fingerprint density at radius 2 is 2.15 bits per heavy atom. The van der Waals surface area contributed by atoms with Gasteiger partial charge >= 0.3 is 0 Å². The molecule has 13 heavy (non-hydrogen) atoms. The van der Waals surface area contributed by atoms with E-state index in [0.717, 1.165) is 12.8 Å². The lowest BCUT2D eigenvalue weighted by Crippen LogP contribution is -2.36. The predicted molar refractivity (Wildman–Crippen MR) is 52.8 cm³/mol. The number of hydrogen-bond donors (Lipinski definition) is 2. The van der Waals surface area contributed by atoms with Crippen molar-refractivity contribution in [3.8, 4) is 0 Å². The third-order valence-corrected chi connectivity index (χ3v) is 3.80. The Morgan fingerprint density at radius 1 is 1.54 bits per heavy atom. The van der Waals surface area contributed by atoms with Crippen LogP contribution in [-0.4, -0.2) is 26.8 Å². The average Bonchev–Trinajstić information content (AvgIpc) is 2.69. The Bertz CT molecular complexity index is 247. The zero-order valence-electron chi connectivity index (χ0n) is 7.99. The molecule has 1 atom stereocenters. The van der Waals surface area contributed by atoms with Crippen molar-refractivity contribution in [3.63, 3.8) is 0 Å². The SMILES string of the molecule is CC(CCN)NS(=O)(=O)CC1CC1. The van der Waals surface area contributed by atoms with Crippen LogP contribution in [0.15, 0.2) is 0 Å². The van der Waals surface area contributed by atoms with Gasteiger partial charge in [-0.2, -0.15) is 0 Å². The first-order chi connectivity index (χ1) is 6.03. The number of hydrogen-bond acceptors (Lipinski definition) is 3. The second kappa shape index (κ2) is 4.39. The van der Waals surface area contributed by atoms with Crippen molar-refractivity contribution in [3.05, 3.63) is 0 Å². The minimum atomic E-state index is -3.05. The molecule has 3 N–H and O–H groups in total. The molecule has 0 amide bonds. The Morgan fingerprint density at radius 3 is 2.62 bits per heavy atom. The molecule has 0 aliphatic heterocycles. The zero-order chi connectivity index (χ0) is 9.90. The highest BCUT2D eigenvalue weighted by molar-refractivity contribution is 7.89. The van der Waals surface area contributed by atoms with Gasteiger partial charge in [-0.15, -0.1) is 0 Å². The third-order valence-electron chi connectivity index (χ3n) is 2.13. The van der Waals surface area contributed by atoms with E-state index in [1.807, 2.05) is 6.92 Å². The van der Waals surface area contributed by atoms with Crippen LogP contribution in [-0.2, 0) is 10.0 Å². The molecule has 0 bridgehead atoms. The molecule has 5 heteroatoms. The molecule has 1 rings (SSSR count). The van der Waals surface area contributed by atoms with Crippen LogP contribution in [0.5, 0.6) is 0 Å². The Hall–Kier alpha value is -0.130. The van der Waals surface area contributed by atoms with E-state index in [1.165, 1.54) is 0 Å². The molecule has 0 heterocycles. The Labute approximate surface area is 79.9 Å². The van der Waals surface area contributed by atoms with Crippen LogP contribution in [0.4, 0.5) is 0 Å². The summed E-state index contributed by atoms with van der Waals surface area (Å²) in [5.41, 5.74) is 5.33. The van der Waals surface area contributed by atoms with Gasteiger partial charge in [0.15, 0.2) is 0 Å². The van der Waals surface area contributed by atoms with Crippen LogP contribution in [0.25, 0.3) is 0 Å². The quantitative estimate of drug-likeness (QED) is 0.645. The standard InChI is InChI=1S/C8H18N2O2S/c1-7(4-5-9)10-13(11,12)6-8-2-3-8/h7-8,10H,2-6,9H2,1H3. The number of rotatable bonds is 6. The highest BCUT2D eigenvalue weighted by Gasteiger charge is 2.28. The van der Waals surface area contributed by atoms with E-state index in [2.05, 4.69) is 4.72 Å². The van der Waals surface area contributed by atoms with E-state index in [1.54, 1.807) is 0 Å². The maximum absolute atomic E-state index is 11.4. The average molecular weight is 206 g/mol. The first-order valence-corrected chi connectivity index (χ1v) is 6.39. The second-order valence-corrected chi connectivity index (χ2v) is 5.62. The second-order valence-electron chi connectivity index (χ2n) is 3.82. The molecule has 0 radical (unpaired) electrons. The van der Waals surface area contributed by atoms with E-state index in [0.29, 0.717) is 24.6 Å². The van der Waals surface area contributed by atoms with Gasteiger partial charge in [0.05, 0.1) is 5.75 Å². The normalized spacial score (nSPS) is 20.2. The first kappa shape index (κ1) is 10.9. The molecule has 1 aliphatic rings. The molecular formula is C8H18N2O2S. The fourth-order valence-electron chi connectivity index (χ4n) is 1.26. The highest BCUT2D eigenvalue weighted by atomic mass is 32.2. The largest absolute Gasteiger partial charge is 0.330 e. The number of nitrogens with one attached hydrogen (secondary N) is 1. The molecule has 4 nitrogen and oxygen atoms in total. The summed E-state index contributed by atoms with van der Waals surface area (Å²) >= 11 is 0. The van der Waals surface area contributed by atoms with Crippen LogP contribution in [0, 0.1) is 5.92 Å². The molecule has 0 saturated heterocycles. The van der Waals surface area contributed by atoms with Gasteiger partial charge in [-0.1, -0.05) is 0 Å². The minimum Gasteiger partial charge on any atom is -0.330 e. The summed E-state index contributed by atoms with van der Waals surface area (Å²) in [5.74, 6) is 0.699. The van der Waals surface area contributed by atoms with Gasteiger partial charge in [0.1, 0.15) is 0 Å². The third kappa shape index (κ3) is 4.59. The number of sulfonamides is 1. The monoisotopic (exact) mass is 206 g/mol. The van der Waals surface area contributed by atoms with E-state index in [9.17, 15) is 8.42 Å². The van der Waals surface area contributed by atoms with Gasteiger partial charge in [-0.25, -0.2) is 13.1 Å². The van der Waals surface area contributed by atoms with Crippen molar-refractivity contribution < 1.29 is 8.42 Å². The molecule has 1 unspecified atom stereocenters. The topological polar surface area (TPSA) is 72.2 Å². The first-order valence-electron chi connectivity index (χ1n) is 4.73. The van der Waals surface area contributed by atoms with Gasteiger partial charge in [-0.3, -0.25) is 0 Å². The van der Waals surface area contributed by atoms with Gasteiger partial charge in [0, 0.05) is 6.04 Å². The molecular weight excluding hydrogens is 188 g/mol. The van der Waals surface area contributed by atoms with Crippen LogP contribution >= 0.6 is 0 Å². The van der Waals surface area contributed by atoms with Crippen molar-refractivity contribution in [1.82, 2.24) is 4.72 Å². The van der Waals surface area contributed by atoms with Crippen LogP contribution in [0.2, 0.25) is 0 Å². The van der Waals surface area contributed by atoms with Crippen molar-refractivity contribution in [2.24, 2.45) is 11.7 Å². The van der Waals surface area contributed by atoms with E-state index in [4.69, 9.17) is 5.73 Å². The van der Waals surface area contributed by atoms with Gasteiger partial charge in [-0.05, 0) is 38.6 Å². The lowest BCUT2D eigenvalue weighted by atomic mass is 10.3. The highest BCUT2D eigenvalue weighted by Crippen LogP contribution is 2.29. The molecule has 0 aromatic carbocycles. The molecule has 0 aromatic rings. The van der Waals surface area contributed by atoms with Crippen molar-refractivity contribution in [1.29, 1.82) is 0 Å². The van der Waals surface area contributed by atoms with E-state index in [-0.39, 0.29) is 6.04 Å². The maximum atomic E-state index is 11.4. The van der Waals surface area contributed by atoms with Gasteiger partial charge < -0.3 is 5.73 Å². The fourth-order valence-corrected chi connectivity index (χ4v) is 3.04. The summed E-state index contributed by atoms with van der Waals surface area (Å²) in [6.07, 6.45) is 2.82. The zero-order valence-corrected chi connectivity index (χ0v) is 8.81. The van der Waals surface area contributed by atoms with Gasteiger partial charge in [0.2, 0.25) is 10.0 Å². The molecule has 1 saturated carbocycles. The molecule has 0 aromatic heterocycles. The van der Waals surface area contributed by atoms with Crippen molar-refractivity contribution in [2.45, 2.75) is 32.2 Å². The summed E-state index contributed by atoms with van der Waals surface area (Å²) in [7, 11) is -3.05. The Kier molecular flexibility index (Phi) is 3.70. The molecule has 1 aliphatic carbocycles. The molecule has 78 valence electrons. The summed E-state index contributed by atoms with van der Waals surface area (Å²) in [6.45, 7) is 2.37. The predicted octanol–water partition coefficient (Wildman–Crippen LogP) is 0.0531. The molecule has 1 fully saturated rings. The van der Waals surface area contributed by atoms with Crippen LogP contribution in [0.3, 0.4) is 0 Å². The Balaban J connectivity index is 2.31. The smallest absolute Gasteiger partial charge is 0.212 e. The van der Waals surface area contributed by atoms with E-state index < -0.39 is 10.0 Å². The summed E-state index contributed by atoms with van der Waals surface area (Å²) in [5, 5.41) is 0. The van der Waals surface area contributed by atoms with Gasteiger partial charge in [0.25, 0.3) is 0 Å². The minimum absolute atomic E-state index is 0.0336.